The number of anilines is 2. The topological polar surface area (TPSA) is 88.2 Å². The molecule has 4 rings (SSSR count). The van der Waals surface area contributed by atoms with Crippen molar-refractivity contribution in [2.75, 3.05) is 30.0 Å². The molecule has 0 aromatic heterocycles. The zero-order valence-electron chi connectivity index (χ0n) is 13.9. The number of ether oxygens (including phenoxy) is 2. The van der Waals surface area contributed by atoms with Gasteiger partial charge in [0, 0.05) is 17.4 Å². The Labute approximate surface area is 144 Å². The zero-order valence-corrected chi connectivity index (χ0v) is 13.9. The van der Waals surface area contributed by atoms with E-state index in [4.69, 9.17) is 4.74 Å². The Morgan fingerprint density at radius 2 is 2.16 bits per heavy atom. The Morgan fingerprint density at radius 1 is 1.36 bits per heavy atom. The van der Waals surface area contributed by atoms with Crippen LogP contribution in [-0.2, 0) is 20.7 Å². The first-order chi connectivity index (χ1) is 12.1. The first-order valence-corrected chi connectivity index (χ1v) is 8.32. The fraction of sp³-hybridized carbons (Fsp3) is 0.471. The van der Waals surface area contributed by atoms with Gasteiger partial charge in [-0.15, -0.1) is 0 Å². The van der Waals surface area contributed by atoms with Crippen molar-refractivity contribution in [1.29, 1.82) is 0 Å². The maximum Gasteiger partial charge on any atom is 0.414 e. The van der Waals surface area contributed by atoms with Crippen molar-refractivity contribution in [2.24, 2.45) is 0 Å². The summed E-state index contributed by atoms with van der Waals surface area (Å²) in [5.74, 6) is 0.124. The van der Waals surface area contributed by atoms with Crippen LogP contribution in [0, 0.1) is 0 Å². The number of amides is 3. The van der Waals surface area contributed by atoms with Gasteiger partial charge < -0.3 is 19.7 Å². The lowest BCUT2D eigenvalue weighted by Crippen LogP contribution is -2.34. The van der Waals surface area contributed by atoms with Gasteiger partial charge in [-0.3, -0.25) is 9.69 Å². The highest BCUT2D eigenvalue weighted by atomic mass is 16.6. The molecule has 1 aromatic rings. The van der Waals surface area contributed by atoms with E-state index in [1.165, 1.54) is 12.0 Å². The summed E-state index contributed by atoms with van der Waals surface area (Å²) in [6.07, 6.45) is 1.02. The number of carbonyl (C=O) groups excluding carboxylic acids is 3. The van der Waals surface area contributed by atoms with Crippen LogP contribution >= 0.6 is 0 Å². The smallest absolute Gasteiger partial charge is 0.414 e. The molecule has 3 aliphatic rings. The summed E-state index contributed by atoms with van der Waals surface area (Å²) < 4.78 is 9.77. The quantitative estimate of drug-likeness (QED) is 0.892. The van der Waals surface area contributed by atoms with E-state index < -0.39 is 18.3 Å². The lowest BCUT2D eigenvalue weighted by molar-refractivity contribution is -0.117. The van der Waals surface area contributed by atoms with Crippen LogP contribution in [0.1, 0.15) is 18.4 Å². The molecule has 1 N–H and O–H groups in total. The Balaban J connectivity index is 1.47. The van der Waals surface area contributed by atoms with Crippen molar-refractivity contribution >= 4 is 29.5 Å². The van der Waals surface area contributed by atoms with Gasteiger partial charge in [0.2, 0.25) is 5.91 Å². The molecule has 1 atom stereocenters. The SMILES string of the molecule is COC(=O)NCC1CN(c2ccc3c(c2)CC(=O)N3C2CC2)C(=O)O1. The van der Waals surface area contributed by atoms with Crippen LogP contribution in [0.4, 0.5) is 21.0 Å². The Hall–Kier alpha value is -2.77. The number of carbonyl (C=O) groups is 3. The summed E-state index contributed by atoms with van der Waals surface area (Å²) in [5.41, 5.74) is 2.60. The highest BCUT2D eigenvalue weighted by Gasteiger charge is 2.39. The molecule has 1 aromatic carbocycles. The fourth-order valence-corrected chi connectivity index (χ4v) is 3.34. The van der Waals surface area contributed by atoms with Crippen molar-refractivity contribution in [3.63, 3.8) is 0 Å². The Morgan fingerprint density at radius 3 is 2.88 bits per heavy atom. The number of hydrogen-bond donors (Lipinski definition) is 1. The van der Waals surface area contributed by atoms with Crippen LogP contribution in [0.5, 0.6) is 0 Å². The van der Waals surface area contributed by atoms with Crippen LogP contribution in [-0.4, -0.2) is 50.4 Å². The van der Waals surface area contributed by atoms with Crippen molar-refractivity contribution in [3.8, 4) is 0 Å². The normalized spacial score (nSPS) is 22.0. The van der Waals surface area contributed by atoms with E-state index in [-0.39, 0.29) is 12.5 Å². The van der Waals surface area contributed by atoms with Gasteiger partial charge in [-0.25, -0.2) is 9.59 Å². The van der Waals surface area contributed by atoms with Crippen LogP contribution in [0.2, 0.25) is 0 Å². The van der Waals surface area contributed by atoms with Crippen molar-refractivity contribution in [2.45, 2.75) is 31.4 Å². The third-order valence-electron chi connectivity index (χ3n) is 4.69. The molecule has 25 heavy (non-hydrogen) atoms. The monoisotopic (exact) mass is 345 g/mol. The number of hydrogen-bond acceptors (Lipinski definition) is 5. The van der Waals surface area contributed by atoms with E-state index >= 15 is 0 Å². The number of nitrogens with zero attached hydrogens (tertiary/aromatic N) is 2. The minimum atomic E-state index is -0.564. The molecule has 2 heterocycles. The summed E-state index contributed by atoms with van der Waals surface area (Å²) in [5, 5.41) is 2.52. The van der Waals surface area contributed by atoms with E-state index in [2.05, 4.69) is 10.1 Å². The second kappa shape index (κ2) is 5.94. The van der Waals surface area contributed by atoms with Gasteiger partial charge in [0.15, 0.2) is 0 Å². The second-order valence-electron chi connectivity index (χ2n) is 6.47. The molecule has 2 fully saturated rings. The Kier molecular flexibility index (Phi) is 3.74. The summed E-state index contributed by atoms with van der Waals surface area (Å²) in [7, 11) is 1.28. The van der Waals surface area contributed by atoms with E-state index in [0.717, 1.165) is 24.1 Å². The van der Waals surface area contributed by atoms with Crippen molar-refractivity contribution in [3.05, 3.63) is 23.8 Å². The molecule has 0 spiro atoms. The molecule has 2 aliphatic heterocycles. The number of rotatable bonds is 4. The molecule has 132 valence electrons. The predicted molar refractivity (Wildman–Crippen MR) is 88.7 cm³/mol. The standard InChI is InChI=1S/C17H19N3O5/c1-24-16(22)18-8-13-9-19(17(23)25-13)12-4-5-14-10(6-12)7-15(21)20(14)11-2-3-11/h4-6,11,13H,2-3,7-9H2,1H3,(H,18,22). The summed E-state index contributed by atoms with van der Waals surface area (Å²) in [6, 6.07) is 5.96. The van der Waals surface area contributed by atoms with Gasteiger partial charge in [0.05, 0.1) is 26.6 Å². The summed E-state index contributed by atoms with van der Waals surface area (Å²) >= 11 is 0. The van der Waals surface area contributed by atoms with Gasteiger partial charge in [-0.2, -0.15) is 0 Å². The van der Waals surface area contributed by atoms with E-state index in [1.807, 2.05) is 23.1 Å². The van der Waals surface area contributed by atoms with Gasteiger partial charge in [-0.05, 0) is 36.6 Å². The maximum absolute atomic E-state index is 12.2. The number of nitrogens with one attached hydrogen (secondary N) is 1. The lowest BCUT2D eigenvalue weighted by Gasteiger charge is -2.18. The van der Waals surface area contributed by atoms with Gasteiger partial charge >= 0.3 is 12.2 Å². The van der Waals surface area contributed by atoms with Gasteiger partial charge in [0.1, 0.15) is 6.10 Å². The van der Waals surface area contributed by atoms with Crippen LogP contribution < -0.4 is 15.1 Å². The van der Waals surface area contributed by atoms with Crippen molar-refractivity contribution in [1.82, 2.24) is 5.32 Å². The molecule has 8 heteroatoms. The van der Waals surface area contributed by atoms with E-state index in [9.17, 15) is 14.4 Å². The largest absolute Gasteiger partial charge is 0.453 e. The average molecular weight is 345 g/mol. The molecule has 0 bridgehead atoms. The summed E-state index contributed by atoms with van der Waals surface area (Å²) in [4.78, 5) is 38.9. The second-order valence-corrected chi connectivity index (χ2v) is 6.47. The lowest BCUT2D eigenvalue weighted by atomic mass is 10.1. The van der Waals surface area contributed by atoms with Crippen molar-refractivity contribution < 1.29 is 23.9 Å². The predicted octanol–water partition coefficient (Wildman–Crippen LogP) is 1.42. The molecule has 1 aliphatic carbocycles. The minimum absolute atomic E-state index is 0.124. The average Bonchev–Trinajstić information content (AvgIpc) is 3.28. The van der Waals surface area contributed by atoms with E-state index in [1.54, 1.807) is 0 Å². The minimum Gasteiger partial charge on any atom is -0.453 e. The number of benzene rings is 1. The number of cyclic esters (lactones) is 1. The number of fused-ring (bicyclic) bond motifs is 1. The Bertz CT molecular complexity index is 746. The molecular weight excluding hydrogens is 326 g/mol. The first-order valence-electron chi connectivity index (χ1n) is 8.32. The van der Waals surface area contributed by atoms with Crippen LogP contribution in [0.15, 0.2) is 18.2 Å². The molecule has 3 amide bonds. The molecular formula is C17H19N3O5. The molecule has 1 saturated heterocycles. The van der Waals surface area contributed by atoms with Gasteiger partial charge in [0.25, 0.3) is 0 Å². The maximum atomic E-state index is 12.2. The first kappa shape index (κ1) is 15.7. The van der Waals surface area contributed by atoms with Crippen LogP contribution in [0.3, 0.4) is 0 Å². The highest BCUT2D eigenvalue weighted by molar-refractivity contribution is 6.03. The fourth-order valence-electron chi connectivity index (χ4n) is 3.34. The van der Waals surface area contributed by atoms with E-state index in [0.29, 0.717) is 24.7 Å². The molecule has 1 unspecified atom stereocenters. The molecule has 1 saturated carbocycles. The van der Waals surface area contributed by atoms with Gasteiger partial charge in [-0.1, -0.05) is 0 Å². The number of methoxy groups -OCH3 is 1. The summed E-state index contributed by atoms with van der Waals surface area (Å²) in [6.45, 7) is 0.524. The molecule has 0 radical (unpaired) electrons. The third kappa shape index (κ3) is 2.88. The third-order valence-corrected chi connectivity index (χ3v) is 4.69. The van der Waals surface area contributed by atoms with Crippen LogP contribution in [0.25, 0.3) is 0 Å². The highest BCUT2D eigenvalue weighted by Crippen LogP contribution is 2.40. The number of alkyl carbamates (subject to hydrolysis) is 1. The zero-order chi connectivity index (χ0) is 17.6. The molecule has 8 nitrogen and oxygen atoms in total.